The maximum absolute atomic E-state index is 11.7. The van der Waals surface area contributed by atoms with Crippen molar-refractivity contribution >= 4 is 27.7 Å². The maximum Gasteiger partial charge on any atom is 0.328 e. The molecule has 0 aromatic heterocycles. The second-order valence-electron chi connectivity index (χ2n) is 4.12. The van der Waals surface area contributed by atoms with Crippen LogP contribution in [0.15, 0.2) is 65.2 Å². The molecule has 3 nitrogen and oxygen atoms in total. The number of carbonyl (C=O) groups is 2. The van der Waals surface area contributed by atoms with Gasteiger partial charge in [0.05, 0.1) is 0 Å². The summed E-state index contributed by atoms with van der Waals surface area (Å²) in [5.74, 6) is -1.46. The van der Waals surface area contributed by atoms with Crippen LogP contribution in [0, 0.1) is 0 Å². The predicted octanol–water partition coefficient (Wildman–Crippen LogP) is 3.94. The molecule has 100 valence electrons. The van der Waals surface area contributed by atoms with Crippen LogP contribution in [-0.2, 0) is 4.79 Å². The maximum atomic E-state index is 11.7. The monoisotopic (exact) mass is 330 g/mol. The number of carboxylic acid groups (broad SMARTS) is 1. The SMILES string of the molecule is O=C(O)C=CC(=O)c1ccc(-c2ccc(Br)cc2)cc1. The lowest BCUT2D eigenvalue weighted by Crippen LogP contribution is -1.96. The molecule has 0 saturated heterocycles. The number of rotatable bonds is 4. The predicted molar refractivity (Wildman–Crippen MR) is 80.7 cm³/mol. The zero-order chi connectivity index (χ0) is 14.5. The Morgan fingerprint density at radius 1 is 0.850 bits per heavy atom. The van der Waals surface area contributed by atoms with Gasteiger partial charge in [-0.1, -0.05) is 52.3 Å². The molecule has 20 heavy (non-hydrogen) atoms. The van der Waals surface area contributed by atoms with E-state index < -0.39 is 5.97 Å². The summed E-state index contributed by atoms with van der Waals surface area (Å²) in [6, 6.07) is 14.9. The van der Waals surface area contributed by atoms with Gasteiger partial charge < -0.3 is 5.11 Å². The second kappa shape index (κ2) is 6.30. The zero-order valence-electron chi connectivity index (χ0n) is 10.4. The first-order valence-electron chi connectivity index (χ1n) is 5.87. The van der Waals surface area contributed by atoms with E-state index in [-0.39, 0.29) is 5.78 Å². The molecule has 0 saturated carbocycles. The topological polar surface area (TPSA) is 54.4 Å². The minimum Gasteiger partial charge on any atom is -0.478 e. The smallest absolute Gasteiger partial charge is 0.328 e. The average Bonchev–Trinajstić information content (AvgIpc) is 2.46. The molecular weight excluding hydrogens is 320 g/mol. The first-order valence-corrected chi connectivity index (χ1v) is 6.67. The molecule has 0 fully saturated rings. The van der Waals surface area contributed by atoms with Crippen LogP contribution in [-0.4, -0.2) is 16.9 Å². The van der Waals surface area contributed by atoms with E-state index in [0.29, 0.717) is 5.56 Å². The number of aliphatic carboxylic acids is 1. The van der Waals surface area contributed by atoms with E-state index in [4.69, 9.17) is 5.11 Å². The molecule has 2 aromatic rings. The summed E-state index contributed by atoms with van der Waals surface area (Å²) in [6.07, 6.45) is 1.89. The van der Waals surface area contributed by atoms with E-state index >= 15 is 0 Å². The van der Waals surface area contributed by atoms with Crippen molar-refractivity contribution in [3.8, 4) is 11.1 Å². The molecule has 4 heteroatoms. The highest BCUT2D eigenvalue weighted by atomic mass is 79.9. The lowest BCUT2D eigenvalue weighted by molar-refractivity contribution is -0.131. The molecular formula is C16H11BrO3. The van der Waals surface area contributed by atoms with Crippen molar-refractivity contribution in [1.82, 2.24) is 0 Å². The molecule has 0 radical (unpaired) electrons. The van der Waals surface area contributed by atoms with E-state index in [1.807, 2.05) is 36.4 Å². The van der Waals surface area contributed by atoms with Crippen LogP contribution in [0.4, 0.5) is 0 Å². The number of ketones is 1. The Hall–Kier alpha value is -2.20. The average molecular weight is 331 g/mol. The van der Waals surface area contributed by atoms with Crippen molar-refractivity contribution in [2.75, 3.05) is 0 Å². The number of benzene rings is 2. The molecule has 0 aliphatic carbocycles. The number of allylic oxidation sites excluding steroid dienone is 1. The number of carbonyl (C=O) groups excluding carboxylic acids is 1. The Labute approximate surface area is 124 Å². The molecule has 0 aliphatic rings. The van der Waals surface area contributed by atoms with Crippen molar-refractivity contribution in [2.24, 2.45) is 0 Å². The van der Waals surface area contributed by atoms with Gasteiger partial charge in [0.1, 0.15) is 0 Å². The third-order valence-corrected chi connectivity index (χ3v) is 3.25. The van der Waals surface area contributed by atoms with E-state index in [1.165, 1.54) is 0 Å². The lowest BCUT2D eigenvalue weighted by atomic mass is 10.0. The number of carboxylic acids is 1. The highest BCUT2D eigenvalue weighted by Gasteiger charge is 2.03. The molecule has 2 aromatic carbocycles. The van der Waals surface area contributed by atoms with E-state index in [2.05, 4.69) is 15.9 Å². The van der Waals surface area contributed by atoms with Crippen molar-refractivity contribution in [3.63, 3.8) is 0 Å². The summed E-state index contributed by atoms with van der Waals surface area (Å²) >= 11 is 3.38. The molecule has 0 unspecified atom stereocenters. The van der Waals surface area contributed by atoms with Gasteiger partial charge in [-0.2, -0.15) is 0 Å². The Balaban J connectivity index is 2.20. The molecule has 1 N–H and O–H groups in total. The Kier molecular flexibility index (Phi) is 4.48. The minimum atomic E-state index is -1.13. The standard InChI is InChI=1S/C16H11BrO3/c17-14-7-5-12(6-8-14)11-1-3-13(4-2-11)15(18)9-10-16(19)20/h1-10H,(H,19,20). The fourth-order valence-corrected chi connectivity index (χ4v) is 1.98. The number of hydrogen-bond acceptors (Lipinski definition) is 2. The molecule has 0 atom stereocenters. The van der Waals surface area contributed by atoms with Crippen LogP contribution in [0.3, 0.4) is 0 Å². The summed E-state index contributed by atoms with van der Waals surface area (Å²) in [7, 11) is 0. The zero-order valence-corrected chi connectivity index (χ0v) is 12.0. The summed E-state index contributed by atoms with van der Waals surface area (Å²) < 4.78 is 1.01. The van der Waals surface area contributed by atoms with Crippen molar-refractivity contribution in [3.05, 3.63) is 70.7 Å². The molecule has 0 amide bonds. The summed E-state index contributed by atoms with van der Waals surface area (Å²) in [6.45, 7) is 0. The van der Waals surface area contributed by atoms with Crippen molar-refractivity contribution < 1.29 is 14.7 Å². The Morgan fingerprint density at radius 2 is 1.35 bits per heavy atom. The number of halogens is 1. The van der Waals surface area contributed by atoms with Crippen LogP contribution >= 0.6 is 15.9 Å². The Morgan fingerprint density at radius 3 is 1.85 bits per heavy atom. The van der Waals surface area contributed by atoms with E-state index in [1.54, 1.807) is 12.1 Å². The number of hydrogen-bond donors (Lipinski definition) is 1. The molecule has 0 spiro atoms. The van der Waals surface area contributed by atoms with E-state index in [0.717, 1.165) is 27.8 Å². The fraction of sp³-hybridized carbons (Fsp3) is 0. The Bertz CT molecular complexity index is 655. The molecule has 0 heterocycles. The van der Waals surface area contributed by atoms with Gasteiger partial charge in [0, 0.05) is 16.1 Å². The van der Waals surface area contributed by atoms with Crippen LogP contribution in [0.1, 0.15) is 10.4 Å². The second-order valence-corrected chi connectivity index (χ2v) is 5.04. The lowest BCUT2D eigenvalue weighted by Gasteiger charge is -2.03. The van der Waals surface area contributed by atoms with Crippen LogP contribution in [0.5, 0.6) is 0 Å². The molecule has 0 aliphatic heterocycles. The largest absolute Gasteiger partial charge is 0.478 e. The van der Waals surface area contributed by atoms with Crippen LogP contribution in [0.25, 0.3) is 11.1 Å². The summed E-state index contributed by atoms with van der Waals surface area (Å²) in [4.78, 5) is 22.0. The highest BCUT2D eigenvalue weighted by Crippen LogP contribution is 2.22. The van der Waals surface area contributed by atoms with Gasteiger partial charge in [0.25, 0.3) is 0 Å². The third kappa shape index (κ3) is 3.65. The van der Waals surface area contributed by atoms with Crippen LogP contribution < -0.4 is 0 Å². The normalized spacial score (nSPS) is 10.7. The van der Waals surface area contributed by atoms with Gasteiger partial charge in [-0.05, 0) is 29.3 Å². The highest BCUT2D eigenvalue weighted by molar-refractivity contribution is 9.10. The fourth-order valence-electron chi connectivity index (χ4n) is 1.71. The first-order chi connectivity index (χ1) is 9.56. The molecule has 2 rings (SSSR count). The minimum absolute atomic E-state index is 0.324. The summed E-state index contributed by atoms with van der Waals surface area (Å²) in [5.41, 5.74) is 2.51. The van der Waals surface area contributed by atoms with Crippen LogP contribution in [0.2, 0.25) is 0 Å². The van der Waals surface area contributed by atoms with Gasteiger partial charge in [-0.3, -0.25) is 4.79 Å². The van der Waals surface area contributed by atoms with Gasteiger partial charge >= 0.3 is 5.97 Å². The summed E-state index contributed by atoms with van der Waals surface area (Å²) in [5, 5.41) is 8.48. The van der Waals surface area contributed by atoms with Gasteiger partial charge in [-0.25, -0.2) is 4.79 Å². The van der Waals surface area contributed by atoms with Gasteiger partial charge in [0.2, 0.25) is 0 Å². The van der Waals surface area contributed by atoms with Crippen molar-refractivity contribution in [1.29, 1.82) is 0 Å². The third-order valence-electron chi connectivity index (χ3n) is 2.72. The first kappa shape index (κ1) is 14.2. The molecule has 0 bridgehead atoms. The van der Waals surface area contributed by atoms with Gasteiger partial charge in [0.15, 0.2) is 5.78 Å². The van der Waals surface area contributed by atoms with E-state index in [9.17, 15) is 9.59 Å². The van der Waals surface area contributed by atoms with Gasteiger partial charge in [-0.15, -0.1) is 0 Å². The quantitative estimate of drug-likeness (QED) is 0.682. The van der Waals surface area contributed by atoms with Crippen molar-refractivity contribution in [2.45, 2.75) is 0 Å².